The Hall–Kier alpha value is -0.680. The Morgan fingerprint density at radius 3 is 2.79 bits per heavy atom. The molecular formula is C20H31IN4OS2. The van der Waals surface area contributed by atoms with Crippen molar-refractivity contribution in [3.63, 3.8) is 0 Å². The summed E-state index contributed by atoms with van der Waals surface area (Å²) in [5, 5.41) is 7.90. The lowest BCUT2D eigenvalue weighted by atomic mass is 10.1. The van der Waals surface area contributed by atoms with E-state index in [2.05, 4.69) is 69.1 Å². The predicted octanol–water partition coefficient (Wildman–Crippen LogP) is 3.94. The van der Waals surface area contributed by atoms with E-state index in [1.165, 1.54) is 9.75 Å². The SMILES string of the molecule is CN=C(NCC(c1cccs1)N1CCOC(C)C1)N(C)CCc1cccs1.I. The van der Waals surface area contributed by atoms with Gasteiger partial charge >= 0.3 is 0 Å². The molecule has 1 aliphatic rings. The molecule has 1 fully saturated rings. The number of ether oxygens (including phenoxy) is 1. The van der Waals surface area contributed by atoms with Gasteiger partial charge in [0.25, 0.3) is 0 Å². The van der Waals surface area contributed by atoms with E-state index < -0.39 is 0 Å². The van der Waals surface area contributed by atoms with Gasteiger partial charge in [0.05, 0.1) is 18.8 Å². The largest absolute Gasteiger partial charge is 0.376 e. The van der Waals surface area contributed by atoms with Crippen molar-refractivity contribution in [2.24, 2.45) is 4.99 Å². The molecule has 0 spiro atoms. The van der Waals surface area contributed by atoms with Gasteiger partial charge in [-0.3, -0.25) is 9.89 Å². The minimum atomic E-state index is 0. The maximum Gasteiger partial charge on any atom is 0.193 e. The van der Waals surface area contributed by atoms with Gasteiger partial charge in [-0.2, -0.15) is 0 Å². The minimum Gasteiger partial charge on any atom is -0.376 e. The zero-order chi connectivity index (χ0) is 19.1. The molecule has 2 unspecified atom stereocenters. The summed E-state index contributed by atoms with van der Waals surface area (Å²) in [6, 6.07) is 9.03. The average Bonchev–Trinajstić information content (AvgIpc) is 3.37. The fourth-order valence-electron chi connectivity index (χ4n) is 3.43. The van der Waals surface area contributed by atoms with Gasteiger partial charge in [-0.15, -0.1) is 46.7 Å². The molecule has 1 saturated heterocycles. The first kappa shape index (κ1) is 23.6. The van der Waals surface area contributed by atoms with E-state index in [0.29, 0.717) is 6.04 Å². The first-order valence-electron chi connectivity index (χ1n) is 9.50. The monoisotopic (exact) mass is 534 g/mol. The van der Waals surface area contributed by atoms with E-state index in [1.807, 2.05) is 29.7 Å². The van der Waals surface area contributed by atoms with Crippen LogP contribution in [-0.4, -0.2) is 68.7 Å². The summed E-state index contributed by atoms with van der Waals surface area (Å²) in [5.41, 5.74) is 0. The summed E-state index contributed by atoms with van der Waals surface area (Å²) in [5.74, 6) is 0.953. The molecule has 3 heterocycles. The number of guanidine groups is 1. The highest BCUT2D eigenvalue weighted by Gasteiger charge is 2.26. The van der Waals surface area contributed by atoms with Crippen LogP contribution in [-0.2, 0) is 11.2 Å². The van der Waals surface area contributed by atoms with Crippen LogP contribution in [0.4, 0.5) is 0 Å². The molecule has 28 heavy (non-hydrogen) atoms. The number of hydrogen-bond donors (Lipinski definition) is 1. The Bertz CT molecular complexity index is 693. The number of rotatable bonds is 7. The summed E-state index contributed by atoms with van der Waals surface area (Å²) in [4.78, 5) is 12.1. The number of likely N-dealkylation sites (N-methyl/N-ethyl adjacent to an activating group) is 1. The quantitative estimate of drug-likeness (QED) is 0.332. The van der Waals surface area contributed by atoms with Crippen LogP contribution in [0.1, 0.15) is 22.7 Å². The lowest BCUT2D eigenvalue weighted by molar-refractivity contribution is -0.0334. The van der Waals surface area contributed by atoms with Crippen molar-refractivity contribution < 1.29 is 4.74 Å². The third-order valence-corrected chi connectivity index (χ3v) is 6.80. The number of morpholine rings is 1. The van der Waals surface area contributed by atoms with Crippen molar-refractivity contribution in [1.29, 1.82) is 0 Å². The molecule has 156 valence electrons. The van der Waals surface area contributed by atoms with E-state index in [0.717, 1.165) is 45.2 Å². The van der Waals surface area contributed by atoms with E-state index in [4.69, 9.17) is 4.74 Å². The van der Waals surface area contributed by atoms with Gasteiger partial charge in [0.1, 0.15) is 0 Å². The van der Waals surface area contributed by atoms with Gasteiger partial charge in [-0.25, -0.2) is 0 Å². The minimum absolute atomic E-state index is 0. The van der Waals surface area contributed by atoms with Crippen LogP contribution in [0.2, 0.25) is 0 Å². The number of hydrogen-bond acceptors (Lipinski definition) is 5. The Morgan fingerprint density at radius 2 is 2.14 bits per heavy atom. The zero-order valence-electron chi connectivity index (χ0n) is 16.8. The van der Waals surface area contributed by atoms with Crippen LogP contribution in [0, 0.1) is 0 Å². The molecule has 0 bridgehead atoms. The lowest BCUT2D eigenvalue weighted by Gasteiger charge is -2.37. The summed E-state index contributed by atoms with van der Waals surface area (Å²) in [6.07, 6.45) is 1.33. The third kappa shape index (κ3) is 6.69. The van der Waals surface area contributed by atoms with Crippen molar-refractivity contribution in [3.05, 3.63) is 44.8 Å². The van der Waals surface area contributed by atoms with Crippen molar-refractivity contribution in [1.82, 2.24) is 15.1 Å². The molecule has 0 aliphatic carbocycles. The fourth-order valence-corrected chi connectivity index (χ4v) is 4.99. The van der Waals surface area contributed by atoms with Gasteiger partial charge in [-0.05, 0) is 36.2 Å². The molecule has 0 saturated carbocycles. The third-order valence-electron chi connectivity index (χ3n) is 4.89. The van der Waals surface area contributed by atoms with Crippen molar-refractivity contribution >= 4 is 52.6 Å². The standard InChI is InChI=1S/C20H30N4OS2.HI/c1-16-15-24(10-11-25-16)18(19-7-5-13-27-19)14-22-20(21-2)23(3)9-8-17-6-4-12-26-17;/h4-7,12-13,16,18H,8-11,14-15H2,1-3H3,(H,21,22);1H. The van der Waals surface area contributed by atoms with Crippen molar-refractivity contribution in [3.8, 4) is 0 Å². The van der Waals surface area contributed by atoms with Crippen LogP contribution < -0.4 is 5.32 Å². The van der Waals surface area contributed by atoms with Crippen LogP contribution in [0.25, 0.3) is 0 Å². The van der Waals surface area contributed by atoms with Crippen LogP contribution in [0.15, 0.2) is 40.0 Å². The van der Waals surface area contributed by atoms with Gasteiger partial charge < -0.3 is 15.0 Å². The number of halogens is 1. The van der Waals surface area contributed by atoms with Gasteiger partial charge in [0, 0.05) is 50.0 Å². The first-order valence-corrected chi connectivity index (χ1v) is 11.3. The Labute approximate surface area is 193 Å². The summed E-state index contributed by atoms with van der Waals surface area (Å²) >= 11 is 3.64. The number of thiophene rings is 2. The molecule has 3 rings (SSSR count). The Morgan fingerprint density at radius 1 is 1.36 bits per heavy atom. The first-order chi connectivity index (χ1) is 13.2. The Balaban J connectivity index is 0.00000280. The molecule has 0 aromatic carbocycles. The highest BCUT2D eigenvalue weighted by Crippen LogP contribution is 2.26. The second-order valence-electron chi connectivity index (χ2n) is 6.89. The maximum absolute atomic E-state index is 5.74. The second-order valence-corrected chi connectivity index (χ2v) is 8.90. The van der Waals surface area contributed by atoms with Crippen molar-refractivity contribution in [2.75, 3.05) is 46.9 Å². The number of nitrogens with one attached hydrogen (secondary N) is 1. The Kier molecular flexibility index (Phi) is 10.2. The van der Waals surface area contributed by atoms with Gasteiger partial charge in [0.15, 0.2) is 5.96 Å². The molecule has 0 amide bonds. The van der Waals surface area contributed by atoms with Gasteiger partial charge in [-0.1, -0.05) is 12.1 Å². The van der Waals surface area contributed by atoms with E-state index >= 15 is 0 Å². The maximum atomic E-state index is 5.74. The highest BCUT2D eigenvalue weighted by molar-refractivity contribution is 14.0. The average molecular weight is 535 g/mol. The molecule has 2 atom stereocenters. The topological polar surface area (TPSA) is 40.1 Å². The zero-order valence-corrected chi connectivity index (χ0v) is 20.8. The summed E-state index contributed by atoms with van der Waals surface area (Å²) < 4.78 is 5.74. The molecule has 0 radical (unpaired) electrons. The predicted molar refractivity (Wildman–Crippen MR) is 131 cm³/mol. The van der Waals surface area contributed by atoms with Crippen LogP contribution in [0.3, 0.4) is 0 Å². The fraction of sp³-hybridized carbons (Fsp3) is 0.550. The van der Waals surface area contributed by atoms with Gasteiger partial charge in [0.2, 0.25) is 0 Å². The van der Waals surface area contributed by atoms with E-state index in [9.17, 15) is 0 Å². The molecule has 1 aliphatic heterocycles. The van der Waals surface area contributed by atoms with E-state index in [-0.39, 0.29) is 30.1 Å². The molecule has 8 heteroatoms. The molecule has 2 aromatic heterocycles. The normalized spacial score (nSPS) is 19.1. The van der Waals surface area contributed by atoms with Crippen LogP contribution in [0.5, 0.6) is 0 Å². The van der Waals surface area contributed by atoms with Crippen molar-refractivity contribution in [2.45, 2.75) is 25.5 Å². The number of aliphatic imine (C=N–C) groups is 1. The molecule has 2 aromatic rings. The number of nitrogens with zero attached hydrogens (tertiary/aromatic N) is 3. The lowest BCUT2D eigenvalue weighted by Crippen LogP contribution is -2.48. The molecular weight excluding hydrogens is 503 g/mol. The molecule has 1 N–H and O–H groups in total. The smallest absolute Gasteiger partial charge is 0.193 e. The summed E-state index contributed by atoms with van der Waals surface area (Å²) in [6.45, 7) is 6.71. The molecule has 5 nitrogen and oxygen atoms in total. The summed E-state index contributed by atoms with van der Waals surface area (Å²) in [7, 11) is 3.97. The van der Waals surface area contributed by atoms with E-state index in [1.54, 1.807) is 0 Å². The second kappa shape index (κ2) is 12.1. The van der Waals surface area contributed by atoms with Crippen LogP contribution >= 0.6 is 46.7 Å². The highest BCUT2D eigenvalue weighted by atomic mass is 127.